The largest absolute Gasteiger partial charge is 0.264 e. The molecule has 206 valence electrons. The topological polar surface area (TPSA) is 38.7 Å². The second-order valence-corrected chi connectivity index (χ2v) is 11.0. The average molecular weight is 562 g/mol. The fourth-order valence-electron chi connectivity index (χ4n) is 5.89. The second kappa shape index (κ2) is 11.0. The summed E-state index contributed by atoms with van der Waals surface area (Å²) in [6.45, 7) is 0. The van der Waals surface area contributed by atoms with Crippen LogP contribution in [0.1, 0.15) is 0 Å². The molecule has 0 aliphatic carbocycles. The van der Waals surface area contributed by atoms with Crippen molar-refractivity contribution in [3.63, 3.8) is 0 Å². The van der Waals surface area contributed by atoms with E-state index in [4.69, 9.17) is 9.97 Å². The Hall–Kier alpha value is -5.93. The van der Waals surface area contributed by atoms with E-state index in [-0.39, 0.29) is 0 Å². The van der Waals surface area contributed by atoms with Crippen LogP contribution in [0.4, 0.5) is 0 Å². The van der Waals surface area contributed by atoms with E-state index in [1.807, 2.05) is 12.3 Å². The first-order valence-electron chi connectivity index (χ1n) is 14.8. The molecule has 0 spiro atoms. The van der Waals surface area contributed by atoms with Gasteiger partial charge in [-0.15, -0.1) is 0 Å². The zero-order valence-electron chi connectivity index (χ0n) is 23.9. The van der Waals surface area contributed by atoms with Crippen molar-refractivity contribution in [2.24, 2.45) is 0 Å². The lowest BCUT2D eigenvalue weighted by Gasteiger charge is -2.12. The van der Waals surface area contributed by atoms with Crippen LogP contribution in [0.3, 0.4) is 0 Å². The molecular weight excluding hydrogens is 534 g/mol. The van der Waals surface area contributed by atoms with Crippen molar-refractivity contribution in [3.8, 4) is 56.2 Å². The third-order valence-corrected chi connectivity index (χ3v) is 8.17. The second-order valence-electron chi connectivity index (χ2n) is 11.0. The van der Waals surface area contributed by atoms with Crippen molar-refractivity contribution < 1.29 is 0 Å². The number of fused-ring (bicyclic) bond motifs is 2. The van der Waals surface area contributed by atoms with Gasteiger partial charge in [0.15, 0.2) is 5.82 Å². The maximum absolute atomic E-state index is 5.12. The monoisotopic (exact) mass is 561 g/mol. The maximum atomic E-state index is 5.12. The van der Waals surface area contributed by atoms with Gasteiger partial charge in [-0.25, -0.2) is 9.97 Å². The van der Waals surface area contributed by atoms with Crippen molar-refractivity contribution in [2.45, 2.75) is 0 Å². The smallest absolute Gasteiger partial charge is 0.160 e. The summed E-state index contributed by atoms with van der Waals surface area (Å²) in [5, 5.41) is 4.85. The van der Waals surface area contributed by atoms with E-state index in [9.17, 15) is 0 Å². The first-order chi connectivity index (χ1) is 21.8. The van der Waals surface area contributed by atoms with Gasteiger partial charge < -0.3 is 0 Å². The number of pyridine rings is 1. The summed E-state index contributed by atoms with van der Waals surface area (Å²) in [6, 6.07) is 53.1. The Morgan fingerprint density at radius 3 is 1.86 bits per heavy atom. The molecule has 8 aromatic rings. The Balaban J connectivity index is 1.25. The van der Waals surface area contributed by atoms with Crippen LogP contribution in [0.5, 0.6) is 0 Å². The minimum atomic E-state index is 0.702. The first-order valence-corrected chi connectivity index (χ1v) is 14.8. The van der Waals surface area contributed by atoms with Crippen molar-refractivity contribution >= 4 is 21.5 Å². The van der Waals surface area contributed by atoms with Gasteiger partial charge >= 0.3 is 0 Å². The SMILES string of the molecule is c1cncc(-c2cccc(-c3cc(-c4ccc(-c5cccc6ccccc56)cc4)nc(-c4ccc5ccccc5c4)n3)c2)c1. The Labute approximate surface area is 256 Å². The van der Waals surface area contributed by atoms with Crippen molar-refractivity contribution in [2.75, 3.05) is 0 Å². The molecule has 8 rings (SSSR count). The average Bonchev–Trinajstić information content (AvgIpc) is 3.11. The summed E-state index contributed by atoms with van der Waals surface area (Å²) in [5.74, 6) is 0.702. The molecule has 6 aromatic carbocycles. The third kappa shape index (κ3) is 4.91. The highest BCUT2D eigenvalue weighted by molar-refractivity contribution is 5.97. The molecule has 0 fully saturated rings. The molecule has 44 heavy (non-hydrogen) atoms. The number of benzene rings is 6. The van der Waals surface area contributed by atoms with Crippen LogP contribution in [0, 0.1) is 0 Å². The highest BCUT2D eigenvalue weighted by Crippen LogP contribution is 2.33. The van der Waals surface area contributed by atoms with E-state index in [0.717, 1.165) is 39.2 Å². The quantitative estimate of drug-likeness (QED) is 0.210. The highest BCUT2D eigenvalue weighted by Gasteiger charge is 2.13. The van der Waals surface area contributed by atoms with Crippen LogP contribution in [0.25, 0.3) is 77.7 Å². The predicted molar refractivity (Wildman–Crippen MR) is 182 cm³/mol. The molecule has 0 saturated heterocycles. The van der Waals surface area contributed by atoms with Crippen LogP contribution in [0.15, 0.2) is 164 Å². The summed E-state index contributed by atoms with van der Waals surface area (Å²) in [4.78, 5) is 14.5. The van der Waals surface area contributed by atoms with Gasteiger partial charge in [0.1, 0.15) is 0 Å². The van der Waals surface area contributed by atoms with Crippen LogP contribution in [-0.2, 0) is 0 Å². The first kappa shape index (κ1) is 25.8. The lowest BCUT2D eigenvalue weighted by Crippen LogP contribution is -1.96. The van der Waals surface area contributed by atoms with Gasteiger partial charge in [-0.3, -0.25) is 4.98 Å². The Morgan fingerprint density at radius 2 is 1.02 bits per heavy atom. The fourth-order valence-corrected chi connectivity index (χ4v) is 5.89. The molecule has 2 heterocycles. The standard InChI is InChI=1S/C41H27N3/c1-2-10-32-25-35(22-17-28(32)8-1)41-43-39(26-40(44-41)34-13-5-12-33(24-34)36-14-7-23-42-27-36)31-20-18-30(19-21-31)38-16-6-11-29-9-3-4-15-37(29)38/h1-27H. The van der Waals surface area contributed by atoms with Crippen molar-refractivity contribution in [3.05, 3.63) is 164 Å². The minimum Gasteiger partial charge on any atom is -0.264 e. The molecule has 3 heteroatoms. The van der Waals surface area contributed by atoms with Crippen molar-refractivity contribution in [1.82, 2.24) is 15.0 Å². The normalized spacial score (nSPS) is 11.2. The lowest BCUT2D eigenvalue weighted by molar-refractivity contribution is 1.18. The summed E-state index contributed by atoms with van der Waals surface area (Å²) >= 11 is 0. The number of rotatable bonds is 5. The van der Waals surface area contributed by atoms with Crippen molar-refractivity contribution in [1.29, 1.82) is 0 Å². The molecule has 0 bridgehead atoms. The van der Waals surface area contributed by atoms with Gasteiger partial charge in [-0.2, -0.15) is 0 Å². The van der Waals surface area contributed by atoms with Crippen LogP contribution >= 0.6 is 0 Å². The number of hydrogen-bond donors (Lipinski definition) is 0. The van der Waals surface area contributed by atoms with Gasteiger partial charge in [-0.05, 0) is 62.5 Å². The van der Waals surface area contributed by atoms with Gasteiger partial charge in [0.25, 0.3) is 0 Å². The van der Waals surface area contributed by atoms with E-state index in [0.29, 0.717) is 5.82 Å². The van der Waals surface area contributed by atoms with Gasteiger partial charge in [0.2, 0.25) is 0 Å². The van der Waals surface area contributed by atoms with Gasteiger partial charge in [-0.1, -0.05) is 127 Å². The van der Waals surface area contributed by atoms with E-state index < -0.39 is 0 Å². The zero-order valence-corrected chi connectivity index (χ0v) is 23.9. The van der Waals surface area contributed by atoms with Crippen LogP contribution in [-0.4, -0.2) is 15.0 Å². The fraction of sp³-hybridized carbons (Fsp3) is 0. The number of hydrogen-bond acceptors (Lipinski definition) is 3. The molecule has 0 radical (unpaired) electrons. The molecule has 0 amide bonds. The highest BCUT2D eigenvalue weighted by atomic mass is 14.9. The van der Waals surface area contributed by atoms with E-state index in [2.05, 4.69) is 151 Å². The number of aromatic nitrogens is 3. The molecule has 2 aromatic heterocycles. The lowest BCUT2D eigenvalue weighted by atomic mass is 9.96. The molecule has 0 unspecified atom stereocenters. The van der Waals surface area contributed by atoms with E-state index in [1.165, 1.54) is 32.7 Å². The molecule has 3 nitrogen and oxygen atoms in total. The summed E-state index contributed by atoms with van der Waals surface area (Å²) < 4.78 is 0. The summed E-state index contributed by atoms with van der Waals surface area (Å²) in [7, 11) is 0. The van der Waals surface area contributed by atoms with Crippen LogP contribution < -0.4 is 0 Å². The number of nitrogens with zero attached hydrogens (tertiary/aromatic N) is 3. The summed E-state index contributed by atoms with van der Waals surface area (Å²) in [5.41, 5.74) is 9.40. The van der Waals surface area contributed by atoms with E-state index >= 15 is 0 Å². The maximum Gasteiger partial charge on any atom is 0.160 e. The third-order valence-electron chi connectivity index (χ3n) is 8.17. The molecule has 0 N–H and O–H groups in total. The van der Waals surface area contributed by atoms with Crippen LogP contribution in [0.2, 0.25) is 0 Å². The van der Waals surface area contributed by atoms with Gasteiger partial charge in [0, 0.05) is 34.6 Å². The zero-order chi connectivity index (χ0) is 29.3. The molecule has 0 saturated carbocycles. The molecule has 0 atom stereocenters. The minimum absolute atomic E-state index is 0.702. The van der Waals surface area contributed by atoms with E-state index in [1.54, 1.807) is 6.20 Å². The molecule has 0 aliphatic heterocycles. The molecule has 0 aliphatic rings. The van der Waals surface area contributed by atoms with Gasteiger partial charge in [0.05, 0.1) is 11.4 Å². The predicted octanol–water partition coefficient (Wildman–Crippen LogP) is 10.5. The summed E-state index contributed by atoms with van der Waals surface area (Å²) in [6.07, 6.45) is 3.69. The molecular formula is C41H27N3. The Kier molecular flexibility index (Phi) is 6.47. The Bertz CT molecular complexity index is 2270. The Morgan fingerprint density at radius 1 is 0.364 bits per heavy atom.